The smallest absolute Gasteiger partial charge is 0.184 e. The van der Waals surface area contributed by atoms with Gasteiger partial charge in [-0.3, -0.25) is 5.43 Å². The number of hydrogen-bond donors (Lipinski definition) is 2. The predicted molar refractivity (Wildman–Crippen MR) is 82.8 cm³/mol. The molecule has 1 aromatic carbocycles. The predicted octanol–water partition coefficient (Wildman–Crippen LogP) is 2.26. The third-order valence-corrected chi connectivity index (χ3v) is 2.95. The van der Waals surface area contributed by atoms with Gasteiger partial charge < -0.3 is 10.3 Å². The highest BCUT2D eigenvalue weighted by atomic mass is 32.1. The summed E-state index contributed by atoms with van der Waals surface area (Å²) in [5.74, 6) is 0. The molecular weight excluding hydrogens is 256 g/mol. The van der Waals surface area contributed by atoms with Crippen LogP contribution in [-0.4, -0.2) is 15.9 Å². The summed E-state index contributed by atoms with van der Waals surface area (Å²) in [4.78, 5) is 0. The first kappa shape index (κ1) is 13.3. The van der Waals surface area contributed by atoms with Gasteiger partial charge in [0.2, 0.25) is 0 Å². The maximum absolute atomic E-state index is 5.32. The number of para-hydroxylation sites is 1. The van der Waals surface area contributed by atoms with Gasteiger partial charge in [-0.1, -0.05) is 18.2 Å². The Morgan fingerprint density at radius 1 is 1.32 bits per heavy atom. The molecule has 0 bridgehead atoms. The maximum atomic E-state index is 5.32. The van der Waals surface area contributed by atoms with Crippen LogP contribution in [0.1, 0.15) is 17.0 Å². The van der Waals surface area contributed by atoms with Crippen molar-refractivity contribution in [3.05, 3.63) is 53.3 Å². The van der Waals surface area contributed by atoms with Gasteiger partial charge in [0.1, 0.15) is 0 Å². The lowest BCUT2D eigenvalue weighted by atomic mass is 10.2. The number of nitrogens with zero attached hydrogens (tertiary/aromatic N) is 2. The summed E-state index contributed by atoms with van der Waals surface area (Å²) < 4.78 is 2.18. The standard InChI is InChI=1S/C14H16N4S/c1-10-8-12(9-16-17-14(15)19)11(2)18(10)13-6-4-3-5-7-13/h3-9H,1-2H3,(H3,15,17,19)/b16-9-. The summed E-state index contributed by atoms with van der Waals surface area (Å²) in [5.41, 5.74) is 12.3. The van der Waals surface area contributed by atoms with E-state index in [1.165, 1.54) is 0 Å². The van der Waals surface area contributed by atoms with E-state index in [0.29, 0.717) is 0 Å². The van der Waals surface area contributed by atoms with E-state index in [4.69, 9.17) is 18.0 Å². The summed E-state index contributed by atoms with van der Waals surface area (Å²) in [6, 6.07) is 12.3. The van der Waals surface area contributed by atoms with Crippen molar-refractivity contribution in [2.24, 2.45) is 10.8 Å². The summed E-state index contributed by atoms with van der Waals surface area (Å²) >= 11 is 4.70. The van der Waals surface area contributed by atoms with Crippen molar-refractivity contribution in [2.45, 2.75) is 13.8 Å². The molecule has 0 radical (unpaired) electrons. The van der Waals surface area contributed by atoms with Crippen LogP contribution in [0.25, 0.3) is 5.69 Å². The number of nitrogens with two attached hydrogens (primary N) is 1. The third kappa shape index (κ3) is 3.00. The van der Waals surface area contributed by atoms with Gasteiger partial charge in [-0.25, -0.2) is 0 Å². The van der Waals surface area contributed by atoms with E-state index in [9.17, 15) is 0 Å². The van der Waals surface area contributed by atoms with Crippen LogP contribution in [0.5, 0.6) is 0 Å². The Labute approximate surface area is 117 Å². The topological polar surface area (TPSA) is 55.3 Å². The molecule has 0 amide bonds. The molecule has 19 heavy (non-hydrogen) atoms. The Balaban J connectivity index is 2.35. The molecule has 0 unspecified atom stereocenters. The highest BCUT2D eigenvalue weighted by Crippen LogP contribution is 2.19. The molecule has 0 aliphatic heterocycles. The number of aromatic nitrogens is 1. The number of thiocarbonyl (C=S) groups is 1. The van der Waals surface area contributed by atoms with E-state index in [2.05, 4.69) is 47.1 Å². The average Bonchev–Trinajstić information content (AvgIpc) is 2.65. The van der Waals surface area contributed by atoms with Crippen LogP contribution in [0.2, 0.25) is 0 Å². The molecule has 3 N–H and O–H groups in total. The minimum absolute atomic E-state index is 0.160. The molecule has 1 heterocycles. The summed E-state index contributed by atoms with van der Waals surface area (Å²) in [6.45, 7) is 4.13. The van der Waals surface area contributed by atoms with E-state index in [1.54, 1.807) is 6.21 Å². The molecule has 0 saturated heterocycles. The van der Waals surface area contributed by atoms with Crippen molar-refractivity contribution in [3.8, 4) is 5.69 Å². The first-order valence-electron chi connectivity index (χ1n) is 5.92. The SMILES string of the molecule is Cc1cc(/C=N\NC(N)=S)c(C)n1-c1ccccc1. The normalized spacial score (nSPS) is 10.8. The summed E-state index contributed by atoms with van der Waals surface area (Å²) in [7, 11) is 0. The van der Waals surface area contributed by atoms with Crippen LogP contribution >= 0.6 is 12.2 Å². The molecule has 2 rings (SSSR count). The lowest BCUT2D eigenvalue weighted by molar-refractivity contribution is 0.964. The minimum atomic E-state index is 0.160. The van der Waals surface area contributed by atoms with E-state index in [0.717, 1.165) is 22.6 Å². The van der Waals surface area contributed by atoms with Crippen molar-refractivity contribution in [3.63, 3.8) is 0 Å². The lowest BCUT2D eigenvalue weighted by Crippen LogP contribution is -2.24. The molecule has 98 valence electrons. The van der Waals surface area contributed by atoms with Crippen LogP contribution in [-0.2, 0) is 0 Å². The molecule has 0 aliphatic rings. The Morgan fingerprint density at radius 3 is 2.63 bits per heavy atom. The van der Waals surface area contributed by atoms with Crippen LogP contribution in [0, 0.1) is 13.8 Å². The zero-order valence-electron chi connectivity index (χ0n) is 10.9. The van der Waals surface area contributed by atoms with E-state index < -0.39 is 0 Å². The molecule has 0 aliphatic carbocycles. The second-order valence-corrected chi connectivity index (χ2v) is 4.67. The van der Waals surface area contributed by atoms with Crippen LogP contribution in [0.3, 0.4) is 0 Å². The first-order valence-corrected chi connectivity index (χ1v) is 6.33. The van der Waals surface area contributed by atoms with Gasteiger partial charge in [0.15, 0.2) is 5.11 Å². The Hall–Kier alpha value is -2.14. The number of nitrogens with one attached hydrogen (secondary N) is 1. The number of hydrazone groups is 1. The summed E-state index contributed by atoms with van der Waals surface area (Å²) in [5, 5.41) is 4.16. The van der Waals surface area contributed by atoms with Gasteiger partial charge in [0, 0.05) is 22.6 Å². The molecule has 4 nitrogen and oxygen atoms in total. The fourth-order valence-corrected chi connectivity index (χ4v) is 2.11. The van der Waals surface area contributed by atoms with Gasteiger partial charge >= 0.3 is 0 Å². The van der Waals surface area contributed by atoms with Crippen molar-refractivity contribution in [1.29, 1.82) is 0 Å². The van der Waals surface area contributed by atoms with Gasteiger partial charge in [0.25, 0.3) is 0 Å². The first-order chi connectivity index (χ1) is 9.09. The van der Waals surface area contributed by atoms with E-state index >= 15 is 0 Å². The monoisotopic (exact) mass is 272 g/mol. The molecule has 5 heteroatoms. The van der Waals surface area contributed by atoms with Crippen LogP contribution in [0.4, 0.5) is 0 Å². The fourth-order valence-electron chi connectivity index (χ4n) is 2.06. The summed E-state index contributed by atoms with van der Waals surface area (Å²) in [6.07, 6.45) is 1.72. The van der Waals surface area contributed by atoms with Crippen molar-refractivity contribution in [2.75, 3.05) is 0 Å². The number of aryl methyl sites for hydroxylation is 1. The second-order valence-electron chi connectivity index (χ2n) is 4.23. The Kier molecular flexibility index (Phi) is 3.97. The third-order valence-electron chi connectivity index (χ3n) is 2.86. The van der Waals surface area contributed by atoms with Gasteiger partial charge in [-0.2, -0.15) is 5.10 Å². The largest absolute Gasteiger partial charge is 0.375 e. The molecule has 0 spiro atoms. The van der Waals surface area contributed by atoms with Crippen molar-refractivity contribution < 1.29 is 0 Å². The lowest BCUT2D eigenvalue weighted by Gasteiger charge is -2.08. The fraction of sp³-hybridized carbons (Fsp3) is 0.143. The molecule has 1 aromatic heterocycles. The molecule has 0 saturated carbocycles. The zero-order chi connectivity index (χ0) is 13.8. The van der Waals surface area contributed by atoms with Gasteiger partial charge in [-0.15, -0.1) is 0 Å². The Morgan fingerprint density at radius 2 is 2.00 bits per heavy atom. The molecular formula is C14H16N4S. The van der Waals surface area contributed by atoms with Gasteiger partial charge in [-0.05, 0) is 44.3 Å². The second kappa shape index (κ2) is 5.67. The van der Waals surface area contributed by atoms with Crippen molar-refractivity contribution >= 4 is 23.5 Å². The average molecular weight is 272 g/mol. The number of hydrogen-bond acceptors (Lipinski definition) is 2. The van der Waals surface area contributed by atoms with Gasteiger partial charge in [0.05, 0.1) is 6.21 Å². The quantitative estimate of drug-likeness (QED) is 0.512. The molecule has 0 fully saturated rings. The highest BCUT2D eigenvalue weighted by Gasteiger charge is 2.08. The zero-order valence-corrected chi connectivity index (χ0v) is 11.7. The van der Waals surface area contributed by atoms with E-state index in [1.807, 2.05) is 18.2 Å². The highest BCUT2D eigenvalue weighted by molar-refractivity contribution is 7.80. The van der Waals surface area contributed by atoms with Crippen LogP contribution < -0.4 is 11.2 Å². The minimum Gasteiger partial charge on any atom is -0.375 e. The van der Waals surface area contributed by atoms with Crippen molar-refractivity contribution in [1.82, 2.24) is 9.99 Å². The van der Waals surface area contributed by atoms with E-state index in [-0.39, 0.29) is 5.11 Å². The molecule has 0 atom stereocenters. The maximum Gasteiger partial charge on any atom is 0.184 e. The van der Waals surface area contributed by atoms with Crippen LogP contribution in [0.15, 0.2) is 41.5 Å². The Bertz CT molecular complexity index is 614. The molecule has 2 aromatic rings. The number of rotatable bonds is 3. The number of benzene rings is 1.